The van der Waals surface area contributed by atoms with Crippen LogP contribution in [-0.4, -0.2) is 25.2 Å². The first kappa shape index (κ1) is 15.4. The van der Waals surface area contributed by atoms with Crippen LogP contribution in [0.25, 0.3) is 0 Å². The Kier molecular flexibility index (Phi) is 11.0. The van der Waals surface area contributed by atoms with Gasteiger partial charge < -0.3 is 9.47 Å². The SMILES string of the molecule is CC.CCC(=O)OC(C)CC(=O)OC. The summed E-state index contributed by atoms with van der Waals surface area (Å²) >= 11 is 0. The van der Waals surface area contributed by atoms with Crippen LogP contribution in [0.1, 0.15) is 40.5 Å². The summed E-state index contributed by atoms with van der Waals surface area (Å²) < 4.78 is 9.24. The molecule has 14 heavy (non-hydrogen) atoms. The van der Waals surface area contributed by atoms with Crippen molar-refractivity contribution in [3.8, 4) is 0 Å². The summed E-state index contributed by atoms with van der Waals surface area (Å²) in [5.74, 6) is -0.669. The molecule has 0 saturated heterocycles. The zero-order chi connectivity index (χ0) is 11.6. The minimum absolute atomic E-state index is 0.113. The second-order valence-corrected chi connectivity index (χ2v) is 2.43. The summed E-state index contributed by atoms with van der Waals surface area (Å²) in [5, 5.41) is 0. The van der Waals surface area contributed by atoms with Gasteiger partial charge in [0.25, 0.3) is 0 Å². The molecule has 0 aliphatic heterocycles. The molecule has 0 bridgehead atoms. The summed E-state index contributed by atoms with van der Waals surface area (Å²) in [6, 6.07) is 0. The van der Waals surface area contributed by atoms with E-state index in [2.05, 4.69) is 4.74 Å². The zero-order valence-corrected chi connectivity index (χ0v) is 9.62. The number of rotatable bonds is 4. The fourth-order valence-electron chi connectivity index (χ4n) is 0.667. The highest BCUT2D eigenvalue weighted by molar-refractivity contribution is 5.72. The zero-order valence-electron chi connectivity index (χ0n) is 9.62. The Balaban J connectivity index is 0. The molecule has 0 aromatic carbocycles. The Morgan fingerprint density at radius 3 is 2.07 bits per heavy atom. The van der Waals surface area contributed by atoms with Gasteiger partial charge in [-0.1, -0.05) is 20.8 Å². The highest BCUT2D eigenvalue weighted by Crippen LogP contribution is 2.00. The number of hydrogen-bond acceptors (Lipinski definition) is 4. The molecular formula is C10H20O4. The molecule has 1 atom stereocenters. The standard InChI is InChI=1S/C8H14O4.C2H6/c1-4-7(9)12-6(2)5-8(10)11-3;1-2/h6H,4-5H2,1-3H3;1-2H3. The predicted octanol–water partition coefficient (Wildman–Crippen LogP) is 1.92. The molecular weight excluding hydrogens is 184 g/mol. The molecule has 0 radical (unpaired) electrons. The molecule has 0 N–H and O–H groups in total. The Hall–Kier alpha value is -1.06. The van der Waals surface area contributed by atoms with Gasteiger partial charge in [-0.15, -0.1) is 0 Å². The summed E-state index contributed by atoms with van der Waals surface area (Å²) in [4.78, 5) is 21.4. The van der Waals surface area contributed by atoms with Gasteiger partial charge in [-0.2, -0.15) is 0 Å². The van der Waals surface area contributed by atoms with Crippen molar-refractivity contribution in [2.24, 2.45) is 0 Å². The Labute approximate surface area is 85.6 Å². The average molecular weight is 204 g/mol. The fraction of sp³-hybridized carbons (Fsp3) is 0.800. The van der Waals surface area contributed by atoms with Crippen LogP contribution in [-0.2, 0) is 19.1 Å². The molecule has 0 heterocycles. The third-order valence-electron chi connectivity index (χ3n) is 1.30. The first-order valence-electron chi connectivity index (χ1n) is 4.86. The normalized spacial score (nSPS) is 10.6. The van der Waals surface area contributed by atoms with Crippen LogP contribution < -0.4 is 0 Å². The van der Waals surface area contributed by atoms with Crippen molar-refractivity contribution in [2.45, 2.75) is 46.6 Å². The highest BCUT2D eigenvalue weighted by Gasteiger charge is 2.12. The lowest BCUT2D eigenvalue weighted by atomic mass is 10.3. The van der Waals surface area contributed by atoms with Gasteiger partial charge in [-0.3, -0.25) is 9.59 Å². The molecule has 4 heteroatoms. The average Bonchev–Trinajstić information content (AvgIpc) is 2.20. The molecule has 0 aliphatic carbocycles. The third kappa shape index (κ3) is 9.03. The molecule has 0 saturated carbocycles. The van der Waals surface area contributed by atoms with E-state index in [0.29, 0.717) is 6.42 Å². The van der Waals surface area contributed by atoms with E-state index < -0.39 is 6.10 Å². The maximum atomic E-state index is 10.7. The molecule has 1 unspecified atom stereocenters. The summed E-state index contributed by atoms with van der Waals surface area (Å²) in [6.07, 6.45) is 0.0400. The van der Waals surface area contributed by atoms with Gasteiger partial charge in [0.15, 0.2) is 0 Å². The second-order valence-electron chi connectivity index (χ2n) is 2.43. The van der Waals surface area contributed by atoms with Crippen molar-refractivity contribution in [1.82, 2.24) is 0 Å². The van der Waals surface area contributed by atoms with Crippen molar-refractivity contribution < 1.29 is 19.1 Å². The first-order chi connectivity index (χ1) is 6.60. The topological polar surface area (TPSA) is 52.6 Å². The number of carbonyl (C=O) groups is 2. The smallest absolute Gasteiger partial charge is 0.309 e. The second kappa shape index (κ2) is 10.0. The van der Waals surface area contributed by atoms with E-state index in [4.69, 9.17) is 4.74 Å². The maximum Gasteiger partial charge on any atom is 0.309 e. The Morgan fingerprint density at radius 1 is 1.21 bits per heavy atom. The van der Waals surface area contributed by atoms with Crippen molar-refractivity contribution in [1.29, 1.82) is 0 Å². The molecule has 0 aromatic heterocycles. The number of ether oxygens (including phenoxy) is 2. The van der Waals surface area contributed by atoms with Crippen LogP contribution >= 0.6 is 0 Å². The molecule has 0 aliphatic rings. The van der Waals surface area contributed by atoms with Crippen LogP contribution in [0.3, 0.4) is 0 Å². The largest absolute Gasteiger partial charge is 0.469 e. The van der Waals surface area contributed by atoms with Crippen molar-refractivity contribution in [2.75, 3.05) is 7.11 Å². The van der Waals surface area contributed by atoms with Gasteiger partial charge >= 0.3 is 11.9 Å². The number of carbonyl (C=O) groups excluding carboxylic acids is 2. The van der Waals surface area contributed by atoms with Crippen molar-refractivity contribution >= 4 is 11.9 Å². The molecule has 0 fully saturated rings. The minimum Gasteiger partial charge on any atom is -0.469 e. The van der Waals surface area contributed by atoms with E-state index in [-0.39, 0.29) is 18.4 Å². The van der Waals surface area contributed by atoms with E-state index in [9.17, 15) is 9.59 Å². The molecule has 4 nitrogen and oxygen atoms in total. The summed E-state index contributed by atoms with van der Waals surface area (Å²) in [7, 11) is 1.30. The summed E-state index contributed by atoms with van der Waals surface area (Å²) in [6.45, 7) is 7.36. The first-order valence-corrected chi connectivity index (χ1v) is 4.86. The highest BCUT2D eigenvalue weighted by atomic mass is 16.6. The van der Waals surface area contributed by atoms with Gasteiger partial charge in [0.05, 0.1) is 13.5 Å². The van der Waals surface area contributed by atoms with E-state index in [1.165, 1.54) is 7.11 Å². The van der Waals surface area contributed by atoms with Gasteiger partial charge in [-0.05, 0) is 6.92 Å². The van der Waals surface area contributed by atoms with Crippen LogP contribution in [0.2, 0.25) is 0 Å². The fourth-order valence-corrected chi connectivity index (χ4v) is 0.667. The van der Waals surface area contributed by atoms with Crippen LogP contribution in [0.5, 0.6) is 0 Å². The molecule has 0 aromatic rings. The predicted molar refractivity (Wildman–Crippen MR) is 53.8 cm³/mol. The number of methoxy groups -OCH3 is 1. The van der Waals surface area contributed by atoms with Crippen molar-refractivity contribution in [3.05, 3.63) is 0 Å². The minimum atomic E-state index is -0.398. The quantitative estimate of drug-likeness (QED) is 0.656. The van der Waals surface area contributed by atoms with Gasteiger partial charge in [0.2, 0.25) is 0 Å². The van der Waals surface area contributed by atoms with Crippen LogP contribution in [0.15, 0.2) is 0 Å². The maximum absolute atomic E-state index is 10.7. The molecule has 84 valence electrons. The van der Waals surface area contributed by atoms with Crippen LogP contribution in [0, 0.1) is 0 Å². The van der Waals surface area contributed by atoms with Gasteiger partial charge in [-0.25, -0.2) is 0 Å². The lowest BCUT2D eigenvalue weighted by molar-refractivity contribution is -0.152. The number of esters is 2. The van der Waals surface area contributed by atoms with Gasteiger partial charge in [0.1, 0.15) is 6.10 Å². The Morgan fingerprint density at radius 2 is 1.71 bits per heavy atom. The number of hydrogen-bond donors (Lipinski definition) is 0. The monoisotopic (exact) mass is 204 g/mol. The van der Waals surface area contributed by atoms with E-state index in [1.807, 2.05) is 13.8 Å². The lowest BCUT2D eigenvalue weighted by Crippen LogP contribution is -2.18. The van der Waals surface area contributed by atoms with Crippen LogP contribution in [0.4, 0.5) is 0 Å². The molecule has 0 amide bonds. The van der Waals surface area contributed by atoms with Crippen molar-refractivity contribution in [3.63, 3.8) is 0 Å². The lowest BCUT2D eigenvalue weighted by Gasteiger charge is -2.10. The summed E-state index contributed by atoms with van der Waals surface area (Å²) in [5.41, 5.74) is 0. The molecule has 0 rings (SSSR count). The van der Waals surface area contributed by atoms with Gasteiger partial charge in [0, 0.05) is 6.42 Å². The van der Waals surface area contributed by atoms with E-state index in [0.717, 1.165) is 0 Å². The Bertz CT molecular complexity index is 148. The van der Waals surface area contributed by atoms with E-state index in [1.54, 1.807) is 13.8 Å². The van der Waals surface area contributed by atoms with E-state index >= 15 is 0 Å². The third-order valence-corrected chi connectivity index (χ3v) is 1.30. The molecule has 0 spiro atoms.